The van der Waals surface area contributed by atoms with Gasteiger partial charge in [0.25, 0.3) is 0 Å². The maximum atomic E-state index is 7.16. The van der Waals surface area contributed by atoms with Gasteiger partial charge in [-0.25, -0.2) is 4.98 Å². The lowest BCUT2D eigenvalue weighted by atomic mass is 9.61. The summed E-state index contributed by atoms with van der Waals surface area (Å²) in [6.45, 7) is 10.2. The van der Waals surface area contributed by atoms with E-state index in [2.05, 4.69) is 122 Å². The van der Waals surface area contributed by atoms with E-state index in [4.69, 9.17) is 9.47 Å². The first kappa shape index (κ1) is 28.0. The van der Waals surface area contributed by atoms with Crippen LogP contribution >= 0.6 is 0 Å². The fraction of sp³-hybridized carbons (Fsp3) is 0.371. The van der Waals surface area contributed by atoms with Gasteiger partial charge < -0.3 is 9.47 Å². The molecule has 0 N–H and O–H groups in total. The van der Waals surface area contributed by atoms with Crippen LogP contribution in [0.1, 0.15) is 49.8 Å². The molecule has 0 saturated heterocycles. The zero-order valence-corrected chi connectivity index (χ0v) is 23.9. The van der Waals surface area contributed by atoms with E-state index in [1.165, 1.54) is 5.57 Å². The van der Waals surface area contributed by atoms with Gasteiger partial charge in [-0.2, -0.15) is 5.10 Å². The van der Waals surface area contributed by atoms with Gasteiger partial charge in [0.2, 0.25) is 0 Å². The van der Waals surface area contributed by atoms with Crippen molar-refractivity contribution in [3.05, 3.63) is 132 Å². The number of aromatic nitrogens is 3. The summed E-state index contributed by atoms with van der Waals surface area (Å²) in [5.41, 5.74) is 3.78. The highest BCUT2D eigenvalue weighted by Crippen LogP contribution is 2.49. The fourth-order valence-corrected chi connectivity index (χ4v) is 6.88. The van der Waals surface area contributed by atoms with E-state index in [-0.39, 0.29) is 17.4 Å². The lowest BCUT2D eigenvalue weighted by Crippen LogP contribution is -2.49. The second-order valence-electron chi connectivity index (χ2n) is 11.5. The first-order chi connectivity index (χ1) is 19.5. The normalized spacial score (nSPS) is 23.1. The lowest BCUT2D eigenvalue weighted by molar-refractivity contribution is -0.110. The maximum absolute atomic E-state index is 7.16. The first-order valence-electron chi connectivity index (χ1n) is 14.3. The predicted octanol–water partition coefficient (Wildman–Crippen LogP) is 7.30. The Balaban J connectivity index is 1.47. The van der Waals surface area contributed by atoms with Gasteiger partial charge in [-0.05, 0) is 54.2 Å². The van der Waals surface area contributed by atoms with E-state index in [0.29, 0.717) is 12.5 Å². The van der Waals surface area contributed by atoms with E-state index < -0.39 is 5.60 Å². The molecule has 1 aliphatic rings. The Hall–Kier alpha value is -3.54. The Labute approximate surface area is 238 Å². The molecule has 40 heavy (non-hydrogen) atoms. The van der Waals surface area contributed by atoms with Crippen LogP contribution in [0.5, 0.6) is 0 Å². The predicted molar refractivity (Wildman–Crippen MR) is 160 cm³/mol. The summed E-state index contributed by atoms with van der Waals surface area (Å²) in [4.78, 5) is 4.18. The molecular formula is C35H41N3O2. The summed E-state index contributed by atoms with van der Waals surface area (Å²) in [5, 5.41) is 4.41. The Kier molecular flexibility index (Phi) is 8.63. The minimum atomic E-state index is -0.724. The van der Waals surface area contributed by atoms with Crippen molar-refractivity contribution >= 4 is 0 Å². The number of methoxy groups -OCH3 is 1. The van der Waals surface area contributed by atoms with Crippen molar-refractivity contribution in [3.8, 4) is 0 Å². The van der Waals surface area contributed by atoms with Crippen molar-refractivity contribution in [2.24, 2.45) is 17.3 Å². The molecule has 0 spiro atoms. The highest BCUT2D eigenvalue weighted by atomic mass is 16.5. The molecule has 0 aliphatic heterocycles. The molecule has 1 saturated carbocycles. The Bertz CT molecular complexity index is 1240. The van der Waals surface area contributed by atoms with Crippen LogP contribution in [0.3, 0.4) is 0 Å². The molecule has 1 aliphatic carbocycles. The Morgan fingerprint density at radius 2 is 1.50 bits per heavy atom. The summed E-state index contributed by atoms with van der Waals surface area (Å²) in [5.74, 6) is 0.630. The minimum Gasteiger partial charge on any atom is -0.381 e. The average molecular weight is 536 g/mol. The number of hydrogen-bond donors (Lipinski definition) is 0. The fourth-order valence-electron chi connectivity index (χ4n) is 6.88. The molecular weight excluding hydrogens is 494 g/mol. The van der Waals surface area contributed by atoms with E-state index in [1.54, 1.807) is 12.7 Å². The zero-order chi connectivity index (χ0) is 28.0. The molecule has 208 valence electrons. The Morgan fingerprint density at radius 3 is 1.95 bits per heavy atom. The van der Waals surface area contributed by atoms with Crippen LogP contribution in [0.4, 0.5) is 0 Å². The Morgan fingerprint density at radius 1 is 0.950 bits per heavy atom. The van der Waals surface area contributed by atoms with Crippen LogP contribution in [-0.4, -0.2) is 34.6 Å². The van der Waals surface area contributed by atoms with Crippen LogP contribution in [0, 0.1) is 17.3 Å². The van der Waals surface area contributed by atoms with Crippen LogP contribution in [-0.2, 0) is 21.6 Å². The second-order valence-corrected chi connectivity index (χ2v) is 11.5. The van der Waals surface area contributed by atoms with Crippen molar-refractivity contribution in [2.45, 2.75) is 51.4 Å². The van der Waals surface area contributed by atoms with Crippen LogP contribution in [0.25, 0.3) is 0 Å². The largest absolute Gasteiger partial charge is 0.381 e. The number of benzene rings is 3. The van der Waals surface area contributed by atoms with Crippen molar-refractivity contribution in [1.29, 1.82) is 0 Å². The number of rotatable bonds is 11. The summed E-state index contributed by atoms with van der Waals surface area (Å²) >= 11 is 0. The maximum Gasteiger partial charge on any atom is 0.143 e. The van der Waals surface area contributed by atoms with E-state index in [1.807, 2.05) is 11.8 Å². The molecule has 1 heterocycles. The summed E-state index contributed by atoms with van der Waals surface area (Å²) < 4.78 is 15.4. The van der Waals surface area contributed by atoms with Gasteiger partial charge in [0.15, 0.2) is 0 Å². The molecule has 1 fully saturated rings. The standard InChI is InChI=1S/C35H41N3O2/c1-27(2)31-20-21-34(3,33(39-4)32(31)24-38-26-36-25-37-38)22-23-40-35(28-14-8-5-9-15-28,29-16-10-6-11-17-29)30-18-12-7-13-19-30/h5-19,25-26,31-33H,1,20-24H2,2-4H3/t31-,32-,33+,34-/m0/s1. The molecule has 0 unspecified atom stereocenters. The molecule has 1 aromatic heterocycles. The van der Waals surface area contributed by atoms with Gasteiger partial charge >= 0.3 is 0 Å². The molecule has 4 atom stereocenters. The molecule has 0 radical (unpaired) electrons. The van der Waals surface area contributed by atoms with Gasteiger partial charge in [-0.15, -0.1) is 0 Å². The molecule has 0 bridgehead atoms. The smallest absolute Gasteiger partial charge is 0.143 e. The number of allylic oxidation sites excluding steroid dienone is 1. The monoisotopic (exact) mass is 535 g/mol. The quantitative estimate of drug-likeness (QED) is 0.149. The lowest BCUT2D eigenvalue weighted by Gasteiger charge is -2.49. The summed E-state index contributed by atoms with van der Waals surface area (Å²) in [6.07, 6.45) is 6.43. The molecule has 0 amide bonds. The van der Waals surface area contributed by atoms with Crippen LogP contribution in [0.2, 0.25) is 0 Å². The van der Waals surface area contributed by atoms with Crippen molar-refractivity contribution in [1.82, 2.24) is 14.8 Å². The average Bonchev–Trinajstić information content (AvgIpc) is 3.50. The van der Waals surface area contributed by atoms with E-state index in [0.717, 1.165) is 42.5 Å². The summed E-state index contributed by atoms with van der Waals surface area (Å²) in [7, 11) is 1.85. The summed E-state index contributed by atoms with van der Waals surface area (Å²) in [6, 6.07) is 31.8. The molecule has 5 heteroatoms. The van der Waals surface area contributed by atoms with Crippen molar-refractivity contribution in [2.75, 3.05) is 13.7 Å². The minimum absolute atomic E-state index is 0.0373. The molecule has 4 aromatic rings. The number of hydrogen-bond acceptors (Lipinski definition) is 4. The molecule has 5 nitrogen and oxygen atoms in total. The SMILES string of the molecule is C=C(C)[C@@H]1CC[C@@](C)(CCOC(c2ccccc2)(c2ccccc2)c2ccccc2)[C@H](OC)[C@H]1Cn1cncn1. The van der Waals surface area contributed by atoms with E-state index in [9.17, 15) is 0 Å². The van der Waals surface area contributed by atoms with Crippen molar-refractivity contribution < 1.29 is 9.47 Å². The van der Waals surface area contributed by atoms with Crippen LogP contribution < -0.4 is 0 Å². The highest BCUT2D eigenvalue weighted by molar-refractivity contribution is 5.47. The molecule has 3 aromatic carbocycles. The van der Waals surface area contributed by atoms with Gasteiger partial charge in [0.05, 0.1) is 6.10 Å². The molecule has 5 rings (SSSR count). The van der Waals surface area contributed by atoms with Gasteiger partial charge in [0.1, 0.15) is 18.3 Å². The third kappa shape index (κ3) is 5.54. The van der Waals surface area contributed by atoms with E-state index >= 15 is 0 Å². The van der Waals surface area contributed by atoms with Crippen molar-refractivity contribution in [3.63, 3.8) is 0 Å². The second kappa shape index (κ2) is 12.3. The van der Waals surface area contributed by atoms with Crippen LogP contribution in [0.15, 0.2) is 116 Å². The van der Waals surface area contributed by atoms with Gasteiger partial charge in [-0.3, -0.25) is 4.68 Å². The first-order valence-corrected chi connectivity index (χ1v) is 14.3. The third-order valence-electron chi connectivity index (χ3n) is 8.90. The topological polar surface area (TPSA) is 49.2 Å². The van der Waals surface area contributed by atoms with Gasteiger partial charge in [-0.1, -0.05) is 110 Å². The number of nitrogens with zero attached hydrogens (tertiary/aromatic N) is 3. The zero-order valence-electron chi connectivity index (χ0n) is 23.9. The number of ether oxygens (including phenoxy) is 2. The highest BCUT2D eigenvalue weighted by Gasteiger charge is 2.48. The van der Waals surface area contributed by atoms with Gasteiger partial charge in [0, 0.05) is 26.2 Å². The third-order valence-corrected chi connectivity index (χ3v) is 8.90.